The van der Waals surface area contributed by atoms with Gasteiger partial charge in [-0.1, -0.05) is 6.07 Å². The van der Waals surface area contributed by atoms with Crippen LogP contribution in [-0.4, -0.2) is 11.3 Å². The van der Waals surface area contributed by atoms with Gasteiger partial charge in [0.15, 0.2) is 0 Å². The van der Waals surface area contributed by atoms with Crippen LogP contribution in [0.3, 0.4) is 0 Å². The highest BCUT2D eigenvalue weighted by atomic mass is 35.5. The lowest BCUT2D eigenvalue weighted by Crippen LogP contribution is -2.32. The van der Waals surface area contributed by atoms with E-state index in [4.69, 9.17) is 16.9 Å². The molecule has 1 N–H and O–H groups in total. The van der Waals surface area contributed by atoms with Gasteiger partial charge in [0.2, 0.25) is 5.91 Å². The lowest BCUT2D eigenvalue weighted by Gasteiger charge is -2.15. The number of hydrogen-bond donors (Lipinski definition) is 1. The predicted molar refractivity (Wildman–Crippen MR) is 65.7 cm³/mol. The van der Waals surface area contributed by atoms with Crippen LogP contribution in [0.5, 0.6) is 0 Å². The first-order valence-electron chi connectivity index (χ1n) is 5.59. The van der Waals surface area contributed by atoms with Gasteiger partial charge in [0.1, 0.15) is 5.38 Å². The van der Waals surface area contributed by atoms with Crippen LogP contribution in [0, 0.1) is 11.3 Å². The van der Waals surface area contributed by atoms with Gasteiger partial charge in [0.05, 0.1) is 17.7 Å². The number of carbonyl (C=O) groups is 1. The van der Waals surface area contributed by atoms with Crippen molar-refractivity contribution in [2.45, 2.75) is 31.2 Å². The third kappa shape index (κ3) is 2.42. The molecule has 17 heavy (non-hydrogen) atoms. The first-order valence-corrected chi connectivity index (χ1v) is 6.03. The standard InChI is InChI=1S/C13H13ClN2O/c1-8(14)13(17)16-12-5-3-10-6-9(7-15)2-4-11(10)12/h2,4,6,8,12H,3,5H2,1H3,(H,16,17). The minimum Gasteiger partial charge on any atom is -0.348 e. The Bertz CT molecular complexity index is 491. The van der Waals surface area contributed by atoms with Crippen molar-refractivity contribution in [2.24, 2.45) is 0 Å². The van der Waals surface area contributed by atoms with E-state index in [1.807, 2.05) is 12.1 Å². The normalized spacial score (nSPS) is 19.2. The van der Waals surface area contributed by atoms with Crippen molar-refractivity contribution in [1.82, 2.24) is 5.32 Å². The van der Waals surface area contributed by atoms with E-state index in [1.54, 1.807) is 13.0 Å². The van der Waals surface area contributed by atoms with Crippen molar-refractivity contribution < 1.29 is 4.79 Å². The molecule has 1 amide bonds. The molecule has 1 aliphatic rings. The maximum atomic E-state index is 11.5. The summed E-state index contributed by atoms with van der Waals surface area (Å²) in [5.41, 5.74) is 2.92. The first kappa shape index (κ1) is 11.9. The zero-order valence-corrected chi connectivity index (χ0v) is 10.3. The van der Waals surface area contributed by atoms with E-state index in [2.05, 4.69) is 11.4 Å². The molecule has 2 unspecified atom stereocenters. The Morgan fingerprint density at radius 3 is 3.06 bits per heavy atom. The summed E-state index contributed by atoms with van der Waals surface area (Å²) in [7, 11) is 0. The fraction of sp³-hybridized carbons (Fsp3) is 0.385. The molecule has 0 spiro atoms. The van der Waals surface area contributed by atoms with E-state index in [0.29, 0.717) is 5.56 Å². The Kier molecular flexibility index (Phi) is 3.35. The average molecular weight is 249 g/mol. The van der Waals surface area contributed by atoms with Crippen molar-refractivity contribution in [1.29, 1.82) is 5.26 Å². The van der Waals surface area contributed by atoms with Crippen LogP contribution >= 0.6 is 11.6 Å². The lowest BCUT2D eigenvalue weighted by atomic mass is 10.1. The molecule has 0 heterocycles. The van der Waals surface area contributed by atoms with Gasteiger partial charge >= 0.3 is 0 Å². The van der Waals surface area contributed by atoms with Gasteiger partial charge in [-0.25, -0.2) is 0 Å². The molecule has 0 bridgehead atoms. The summed E-state index contributed by atoms with van der Waals surface area (Å²) in [6, 6.07) is 7.76. The van der Waals surface area contributed by atoms with Crippen molar-refractivity contribution >= 4 is 17.5 Å². The van der Waals surface area contributed by atoms with E-state index < -0.39 is 5.38 Å². The number of nitrogens with one attached hydrogen (secondary N) is 1. The Hall–Kier alpha value is -1.53. The van der Waals surface area contributed by atoms with E-state index in [1.165, 1.54) is 0 Å². The molecule has 1 aromatic carbocycles. The summed E-state index contributed by atoms with van der Waals surface area (Å²) in [4.78, 5) is 11.5. The lowest BCUT2D eigenvalue weighted by molar-refractivity contribution is -0.121. The predicted octanol–water partition coefficient (Wildman–Crippen LogP) is 2.29. The van der Waals surface area contributed by atoms with E-state index in [0.717, 1.165) is 24.0 Å². The smallest absolute Gasteiger partial charge is 0.238 e. The highest BCUT2D eigenvalue weighted by molar-refractivity contribution is 6.30. The van der Waals surface area contributed by atoms with E-state index in [9.17, 15) is 4.79 Å². The molecule has 0 fully saturated rings. The van der Waals surface area contributed by atoms with Gasteiger partial charge in [0.25, 0.3) is 0 Å². The number of benzene rings is 1. The largest absolute Gasteiger partial charge is 0.348 e. The van der Waals surface area contributed by atoms with Gasteiger partial charge in [0, 0.05) is 0 Å². The number of nitrogens with zero attached hydrogens (tertiary/aromatic N) is 1. The summed E-state index contributed by atoms with van der Waals surface area (Å²) in [5.74, 6) is -0.145. The summed E-state index contributed by atoms with van der Waals surface area (Å²) in [6.45, 7) is 1.66. The fourth-order valence-electron chi connectivity index (χ4n) is 2.12. The molecule has 2 rings (SSSR count). The van der Waals surface area contributed by atoms with Crippen LogP contribution in [-0.2, 0) is 11.2 Å². The Balaban J connectivity index is 2.18. The molecule has 1 aromatic rings. The Morgan fingerprint density at radius 2 is 2.41 bits per heavy atom. The Morgan fingerprint density at radius 1 is 1.65 bits per heavy atom. The second kappa shape index (κ2) is 4.77. The minimum atomic E-state index is -0.516. The van der Waals surface area contributed by atoms with Gasteiger partial charge < -0.3 is 5.32 Å². The highest BCUT2D eigenvalue weighted by Crippen LogP contribution is 2.31. The summed E-state index contributed by atoms with van der Waals surface area (Å²) in [5, 5.41) is 11.2. The van der Waals surface area contributed by atoms with E-state index >= 15 is 0 Å². The molecule has 0 radical (unpaired) electrons. The average Bonchev–Trinajstić information content (AvgIpc) is 2.71. The fourth-order valence-corrected chi connectivity index (χ4v) is 2.19. The zero-order valence-electron chi connectivity index (χ0n) is 9.53. The number of hydrogen-bond acceptors (Lipinski definition) is 2. The quantitative estimate of drug-likeness (QED) is 0.817. The van der Waals surface area contributed by atoms with Crippen LogP contribution in [0.2, 0.25) is 0 Å². The van der Waals surface area contributed by atoms with Crippen molar-refractivity contribution in [3.8, 4) is 6.07 Å². The summed E-state index contributed by atoms with van der Waals surface area (Å²) < 4.78 is 0. The summed E-state index contributed by atoms with van der Waals surface area (Å²) in [6.07, 6.45) is 1.77. The molecular weight excluding hydrogens is 236 g/mol. The number of alkyl halides is 1. The van der Waals surface area contributed by atoms with E-state index in [-0.39, 0.29) is 11.9 Å². The number of nitriles is 1. The molecule has 0 saturated heterocycles. The second-order valence-corrected chi connectivity index (χ2v) is 4.90. The van der Waals surface area contributed by atoms with Crippen LogP contribution < -0.4 is 5.32 Å². The number of halogens is 1. The van der Waals surface area contributed by atoms with Crippen LogP contribution in [0.1, 0.15) is 36.1 Å². The molecule has 0 aromatic heterocycles. The second-order valence-electron chi connectivity index (χ2n) is 4.24. The van der Waals surface area contributed by atoms with Crippen LogP contribution in [0.25, 0.3) is 0 Å². The van der Waals surface area contributed by atoms with Gasteiger partial charge in [-0.2, -0.15) is 5.26 Å². The molecule has 88 valence electrons. The summed E-state index contributed by atoms with van der Waals surface area (Å²) >= 11 is 5.73. The zero-order chi connectivity index (χ0) is 12.4. The Labute approximate surface area is 105 Å². The topological polar surface area (TPSA) is 52.9 Å². The van der Waals surface area contributed by atoms with Crippen molar-refractivity contribution in [3.63, 3.8) is 0 Å². The molecular formula is C13H13ClN2O. The first-order chi connectivity index (χ1) is 8.11. The number of rotatable bonds is 2. The van der Waals surface area contributed by atoms with Crippen molar-refractivity contribution in [3.05, 3.63) is 34.9 Å². The van der Waals surface area contributed by atoms with Gasteiger partial charge in [-0.15, -0.1) is 11.6 Å². The molecule has 4 heteroatoms. The maximum Gasteiger partial charge on any atom is 0.238 e. The van der Waals surface area contributed by atoms with Gasteiger partial charge in [-0.05, 0) is 43.0 Å². The third-order valence-corrected chi connectivity index (χ3v) is 3.23. The highest BCUT2D eigenvalue weighted by Gasteiger charge is 2.25. The van der Waals surface area contributed by atoms with Gasteiger partial charge in [-0.3, -0.25) is 4.79 Å². The molecule has 0 saturated carbocycles. The number of aryl methyl sites for hydroxylation is 1. The molecule has 3 nitrogen and oxygen atoms in total. The monoisotopic (exact) mass is 248 g/mol. The molecule has 2 atom stereocenters. The van der Waals surface area contributed by atoms with Crippen LogP contribution in [0.15, 0.2) is 18.2 Å². The molecule has 1 aliphatic carbocycles. The maximum absolute atomic E-state index is 11.5. The number of amides is 1. The number of fused-ring (bicyclic) bond motifs is 1. The number of carbonyl (C=O) groups excluding carboxylic acids is 1. The molecule has 0 aliphatic heterocycles. The SMILES string of the molecule is CC(Cl)C(=O)NC1CCc2cc(C#N)ccc21. The third-order valence-electron chi connectivity index (χ3n) is 3.03. The van der Waals surface area contributed by atoms with Crippen LogP contribution in [0.4, 0.5) is 0 Å². The van der Waals surface area contributed by atoms with Crippen molar-refractivity contribution in [2.75, 3.05) is 0 Å². The minimum absolute atomic E-state index is 0.0337.